The zero-order chi connectivity index (χ0) is 99.3. The van der Waals surface area contributed by atoms with E-state index in [-0.39, 0.29) is 142 Å². The van der Waals surface area contributed by atoms with Gasteiger partial charge in [0.15, 0.2) is 34.6 Å². The number of piperidine rings is 1. The molecule has 8 aliphatic rings. The maximum atomic E-state index is 12.6. The molecule has 14 rings (SSSR count). The van der Waals surface area contributed by atoms with Gasteiger partial charge in [0.25, 0.3) is 10.1 Å². The molecule has 146 heavy (non-hydrogen) atoms. The van der Waals surface area contributed by atoms with Crippen LogP contribution in [0.25, 0.3) is 0 Å². The van der Waals surface area contributed by atoms with E-state index >= 15 is 0 Å². The molecule has 12 atom stereocenters. The number of β-amino-alcohol motifs (C(OH)–C–C–N with tert-alkyl or cyclic N) is 1. The number of allylic oxidation sites excluding steroid dienone is 1. The first-order valence-electron chi connectivity index (χ1n) is 51.2. The number of aryl methyl sites for hydroxylation is 1. The average molecular weight is 2060 g/mol. The van der Waals surface area contributed by atoms with Gasteiger partial charge < -0.3 is 77.4 Å². The minimum atomic E-state index is -3.77. The Morgan fingerprint density at radius 3 is 1.31 bits per heavy atom. The zero-order valence-electron chi connectivity index (χ0n) is 85.3. The SMILES string of the molecule is C.C.C.C.C.C.C.C.CC(C)(C)OC(=O)N1CCC(O)C1.CCC(C)c1ccc(C(=O)CCCOCCOC2CCN(C(C)=O)C2)cc1.CCC(C)c1ccc(C(=O)CCCOCCOC2CCN(C3=CCC4[C@H]5Cc6ccc(OC)c7c6[C@@]4(CCN5C)[C@H]3O7)C2)cc1.CCC(C)c1ccc(C(=O)CCCOCCOC2CCNC2)cc1.CCC(C)c1ccc(C(=O)CCCOCCOS(=O)(=O)c2ccc(C)cc2)cc1. The molecule has 2 amide bonds. The topological polar surface area (TPSA) is 283 Å². The van der Waals surface area contributed by atoms with Gasteiger partial charge in [-0.3, -0.25) is 28.2 Å². The molecule has 6 aromatic carbocycles. The number of methoxy groups -OCH3 is 1. The standard InChI is InChI=1S/C38H50N2O5.C23H30O5S.C22H33NO4.C20H31NO3.C9H17NO3.8CH4/c1-5-25(2)26-8-10-27(11-9-26)33(41)7-6-20-43-21-22-44-29-16-18-40(24-29)31-14-13-30-32-23-28-12-15-34(42-4)36-35(28)38(30,37(31)45-36)17-19-39(32)3;1-4-19(3)20-9-11-21(12-10-20)23(24)6-5-15-27-16-17-28-29(25,26)22-13-7-18(2)8-14-22;1-4-17(2)19-7-9-20(10-8-19)22(25)6-5-13-26-14-15-27-21-11-12-23(16-21)18(3)24;1-3-16(2)17-6-8-18(9-7-17)20(22)5-4-12-23-13-14-24-19-10-11-21-15-19;1-9(2,3)13-8(12)10-5-4-7(11)6-10;;;;;;;;/h8-12,14-15,25,29-30,32,37H,5-7,13,16-24H2,1-4H3;7-14,19H,4-6,15-17H2,1-3H3;7-10,17,21H,4-6,11-16H2,1-3H3;6-9,16,19,21H,3-5,10-15H2,1-2H3;7,11H,4-6H2,1-3H3;8*1H4/t25?,29?,30?,32-,37+,38+;;;;;;;;;;;;/m1............/s1. The molecular formula is C120H193N5O20S. The zero-order valence-corrected chi connectivity index (χ0v) is 86.1. The third-order valence-corrected chi connectivity index (χ3v) is 29.6. The van der Waals surface area contributed by atoms with Crippen molar-refractivity contribution in [1.29, 1.82) is 0 Å². The highest BCUT2D eigenvalue weighted by Gasteiger charge is 2.65. The number of ether oxygens (including phenoxy) is 10. The van der Waals surface area contributed by atoms with Crippen molar-refractivity contribution in [2.45, 2.75) is 348 Å². The monoisotopic (exact) mass is 2060 g/mol. The fourth-order valence-corrected chi connectivity index (χ4v) is 20.0. The molecular weight excluding hydrogens is 1860 g/mol. The van der Waals surface area contributed by atoms with Crippen LogP contribution in [0.5, 0.6) is 11.5 Å². The molecule has 2 bridgehead atoms. The fraction of sp³-hybridized carbons (Fsp3) is 0.633. The van der Waals surface area contributed by atoms with Gasteiger partial charge in [0.1, 0.15) is 11.7 Å². The lowest BCUT2D eigenvalue weighted by atomic mass is 9.52. The molecule has 5 saturated heterocycles. The molecule has 6 aliphatic heterocycles. The molecule has 6 aromatic rings. The number of carbonyl (C=O) groups is 6. The maximum Gasteiger partial charge on any atom is 0.410 e. The lowest BCUT2D eigenvalue weighted by molar-refractivity contribution is -0.128. The lowest BCUT2D eigenvalue weighted by Crippen LogP contribution is -2.64. The van der Waals surface area contributed by atoms with Gasteiger partial charge in [-0.1, -0.05) is 242 Å². The van der Waals surface area contributed by atoms with Gasteiger partial charge in [0, 0.05) is 144 Å². The third-order valence-electron chi connectivity index (χ3n) is 28.3. The Hall–Kier alpha value is -8.61. The molecule has 26 heteroatoms. The molecule has 1 spiro atoms. The van der Waals surface area contributed by atoms with Gasteiger partial charge >= 0.3 is 6.09 Å². The number of Topliss-reactive ketones (excluding diaryl/α,β-unsaturated/α-hetero) is 4. The van der Waals surface area contributed by atoms with Crippen LogP contribution in [0, 0.1) is 12.8 Å². The predicted octanol–water partition coefficient (Wildman–Crippen LogP) is 24.5. The Morgan fingerprint density at radius 1 is 0.500 bits per heavy atom. The Kier molecular flexibility index (Phi) is 61.7. The summed E-state index contributed by atoms with van der Waals surface area (Å²) in [5, 5.41) is 12.5. The van der Waals surface area contributed by atoms with E-state index in [4.69, 9.17) is 51.6 Å². The Bertz CT molecular complexity index is 4890. The van der Waals surface area contributed by atoms with Crippen molar-refractivity contribution in [3.63, 3.8) is 0 Å². The molecule has 9 unspecified atom stereocenters. The predicted molar refractivity (Wildman–Crippen MR) is 595 cm³/mol. The number of likely N-dealkylation sites (N-methyl/N-ethyl adjacent to an activating group) is 1. The lowest BCUT2D eigenvalue weighted by Gasteiger charge is -2.57. The number of likely N-dealkylation sites (tertiary alicyclic amines) is 4. The van der Waals surface area contributed by atoms with Crippen LogP contribution >= 0.6 is 0 Å². The Morgan fingerprint density at radius 2 is 0.918 bits per heavy atom. The van der Waals surface area contributed by atoms with Gasteiger partial charge in [-0.05, 0) is 220 Å². The number of nitrogens with one attached hydrogen (secondary N) is 1. The van der Waals surface area contributed by atoms with E-state index in [1.165, 1.54) is 56.1 Å². The van der Waals surface area contributed by atoms with Crippen molar-refractivity contribution < 1.29 is 93.8 Å². The summed E-state index contributed by atoms with van der Waals surface area (Å²) in [6.45, 7) is 39.5. The minimum absolute atomic E-state index is 0. The summed E-state index contributed by atoms with van der Waals surface area (Å²) in [6.07, 6.45) is 18.6. The second kappa shape index (κ2) is 67.5. The van der Waals surface area contributed by atoms with Crippen LogP contribution in [-0.2, 0) is 68.8 Å². The molecule has 2 N–H and O–H groups in total. The summed E-state index contributed by atoms with van der Waals surface area (Å²) in [7, 11) is 0.296. The summed E-state index contributed by atoms with van der Waals surface area (Å²) >= 11 is 0. The third kappa shape index (κ3) is 40.0. The van der Waals surface area contributed by atoms with Gasteiger partial charge in [0.2, 0.25) is 5.91 Å². The van der Waals surface area contributed by atoms with Crippen molar-refractivity contribution in [2.75, 3.05) is 152 Å². The number of benzene rings is 6. The van der Waals surface area contributed by atoms with E-state index in [1.807, 2.05) is 93.3 Å². The number of hydrogen-bond acceptors (Lipinski definition) is 23. The smallest absolute Gasteiger partial charge is 0.410 e. The summed E-state index contributed by atoms with van der Waals surface area (Å²) < 4.78 is 87.0. The highest BCUT2D eigenvalue weighted by molar-refractivity contribution is 7.86. The number of nitrogens with zero attached hydrogens (tertiary/aromatic N) is 4. The van der Waals surface area contributed by atoms with Crippen LogP contribution in [-0.4, -0.2) is 263 Å². The average Bonchev–Trinajstić information content (AvgIpc) is 1.50. The summed E-state index contributed by atoms with van der Waals surface area (Å²) in [5.74, 6) is 5.27. The van der Waals surface area contributed by atoms with Crippen LogP contribution in [0.4, 0.5) is 4.79 Å². The number of aliphatic hydroxyl groups is 1. The van der Waals surface area contributed by atoms with E-state index in [0.717, 1.165) is 150 Å². The van der Waals surface area contributed by atoms with Crippen molar-refractivity contribution in [1.82, 2.24) is 24.9 Å². The van der Waals surface area contributed by atoms with Crippen molar-refractivity contribution in [2.24, 2.45) is 5.92 Å². The summed E-state index contributed by atoms with van der Waals surface area (Å²) in [6, 6.07) is 43.4. The molecule has 824 valence electrons. The van der Waals surface area contributed by atoms with Crippen LogP contribution in [0.15, 0.2) is 150 Å². The van der Waals surface area contributed by atoms with Gasteiger partial charge in [-0.25, -0.2) is 4.79 Å². The molecule has 0 radical (unpaired) electrons. The van der Waals surface area contributed by atoms with E-state index in [0.29, 0.717) is 178 Å². The Balaban J connectivity index is 0.000000637. The number of rotatable bonds is 47. The maximum absolute atomic E-state index is 12.6. The number of ketones is 4. The van der Waals surface area contributed by atoms with Gasteiger partial charge in [-0.15, -0.1) is 0 Å². The molecule has 0 aromatic heterocycles. The number of aliphatic hydroxyl groups excluding tert-OH is 1. The summed E-state index contributed by atoms with van der Waals surface area (Å²) in [4.78, 5) is 80.5. The normalized spacial score (nSPS) is 19.8. The van der Waals surface area contributed by atoms with Gasteiger partial charge in [0.05, 0.1) is 95.0 Å². The van der Waals surface area contributed by atoms with E-state index < -0.39 is 15.7 Å². The summed E-state index contributed by atoms with van der Waals surface area (Å²) in [5.41, 5.74) is 13.0. The van der Waals surface area contributed by atoms with Crippen molar-refractivity contribution in [3.8, 4) is 11.5 Å². The molecule has 0 saturated carbocycles. The molecule has 5 fully saturated rings. The molecule has 25 nitrogen and oxygen atoms in total. The fourth-order valence-electron chi connectivity index (χ4n) is 19.1. The second-order valence-corrected chi connectivity index (χ2v) is 41.0. The number of hydrogen-bond donors (Lipinski definition) is 2. The molecule has 2 aliphatic carbocycles. The first-order valence-corrected chi connectivity index (χ1v) is 52.6. The Labute approximate surface area is 882 Å². The highest BCUT2D eigenvalue weighted by atomic mass is 32.2. The van der Waals surface area contributed by atoms with E-state index in [2.05, 4.69) is 132 Å². The van der Waals surface area contributed by atoms with Crippen molar-refractivity contribution >= 4 is 45.3 Å². The first kappa shape index (κ1) is 133. The van der Waals surface area contributed by atoms with Crippen LogP contribution in [0.1, 0.15) is 362 Å². The highest BCUT2D eigenvalue weighted by Crippen LogP contribution is 2.64. The largest absolute Gasteiger partial charge is 0.493 e. The first-order chi connectivity index (χ1) is 66.4. The van der Waals surface area contributed by atoms with Crippen LogP contribution < -0.4 is 14.8 Å². The van der Waals surface area contributed by atoms with E-state index in [9.17, 15) is 42.3 Å². The second-order valence-electron chi connectivity index (χ2n) is 39.3. The van der Waals surface area contributed by atoms with Crippen LogP contribution in [0.2, 0.25) is 0 Å². The van der Waals surface area contributed by atoms with E-state index in [1.54, 1.807) is 26.2 Å². The van der Waals surface area contributed by atoms with Crippen LogP contribution in [0.3, 0.4) is 0 Å². The van der Waals surface area contributed by atoms with Crippen molar-refractivity contribution in [3.05, 3.63) is 206 Å². The van der Waals surface area contributed by atoms with Gasteiger partial charge in [-0.2, -0.15) is 8.42 Å². The number of carbonyl (C=O) groups excluding carboxylic acids is 6. The molecule has 6 heterocycles. The number of amides is 2. The minimum Gasteiger partial charge on any atom is -0.493 e. The quantitative estimate of drug-likeness (QED) is 0.0204.